The summed E-state index contributed by atoms with van der Waals surface area (Å²) in [7, 11) is 1.22. The molecule has 1 atom stereocenters. The molecular formula is C10H8Cl2O3. The largest absolute Gasteiger partial charge is 0.468 e. The van der Waals surface area contributed by atoms with Gasteiger partial charge >= 0.3 is 5.97 Å². The standard InChI is InChI=1S/C10H8Cl2O3/c1-15-10(14)7(5-13)6-2-3-8(11)9(12)4-6/h2-5,7H,1H3. The van der Waals surface area contributed by atoms with Gasteiger partial charge in [-0.15, -0.1) is 0 Å². The lowest BCUT2D eigenvalue weighted by atomic mass is 10.0. The van der Waals surface area contributed by atoms with Crippen LogP contribution in [0.5, 0.6) is 0 Å². The van der Waals surface area contributed by atoms with Crippen molar-refractivity contribution >= 4 is 35.5 Å². The molecule has 0 aliphatic carbocycles. The number of esters is 1. The summed E-state index contributed by atoms with van der Waals surface area (Å²) in [6.07, 6.45) is 0.505. The van der Waals surface area contributed by atoms with Gasteiger partial charge < -0.3 is 9.53 Å². The van der Waals surface area contributed by atoms with Crippen molar-refractivity contribution in [3.05, 3.63) is 33.8 Å². The third kappa shape index (κ3) is 2.70. The molecule has 0 saturated carbocycles. The molecule has 0 amide bonds. The molecule has 5 heteroatoms. The van der Waals surface area contributed by atoms with Crippen LogP contribution in [0.3, 0.4) is 0 Å². The summed E-state index contributed by atoms with van der Waals surface area (Å²) in [5.74, 6) is -1.58. The molecular weight excluding hydrogens is 239 g/mol. The number of methoxy groups -OCH3 is 1. The summed E-state index contributed by atoms with van der Waals surface area (Å²) in [5, 5.41) is 0.667. The molecule has 0 aliphatic rings. The Morgan fingerprint density at radius 2 is 2.07 bits per heavy atom. The predicted octanol–water partition coefficient (Wildman–Crippen LogP) is 2.45. The SMILES string of the molecule is COC(=O)C(C=O)c1ccc(Cl)c(Cl)c1. The second-order valence-corrected chi connectivity index (χ2v) is 3.62. The highest BCUT2D eigenvalue weighted by atomic mass is 35.5. The van der Waals surface area contributed by atoms with Gasteiger partial charge in [0.1, 0.15) is 12.2 Å². The molecule has 0 bridgehead atoms. The molecule has 80 valence electrons. The van der Waals surface area contributed by atoms with E-state index in [1.54, 1.807) is 6.07 Å². The minimum Gasteiger partial charge on any atom is -0.468 e. The smallest absolute Gasteiger partial charge is 0.320 e. The predicted molar refractivity (Wildman–Crippen MR) is 57.3 cm³/mol. The molecule has 1 unspecified atom stereocenters. The van der Waals surface area contributed by atoms with Crippen LogP contribution in [0.2, 0.25) is 10.0 Å². The molecule has 1 aromatic carbocycles. The van der Waals surface area contributed by atoms with E-state index in [9.17, 15) is 9.59 Å². The molecule has 0 spiro atoms. The minimum absolute atomic E-state index is 0.296. The van der Waals surface area contributed by atoms with E-state index in [0.29, 0.717) is 21.9 Å². The molecule has 3 nitrogen and oxygen atoms in total. The number of ether oxygens (including phenoxy) is 1. The van der Waals surface area contributed by atoms with Crippen LogP contribution in [0.25, 0.3) is 0 Å². The first kappa shape index (κ1) is 12.0. The Morgan fingerprint density at radius 1 is 1.40 bits per heavy atom. The Bertz CT molecular complexity index is 390. The summed E-state index contributed by atoms with van der Waals surface area (Å²) in [6, 6.07) is 4.56. The maximum Gasteiger partial charge on any atom is 0.320 e. The van der Waals surface area contributed by atoms with Gasteiger partial charge in [0.05, 0.1) is 17.2 Å². The zero-order valence-electron chi connectivity index (χ0n) is 7.87. The lowest BCUT2D eigenvalue weighted by molar-refractivity contribution is -0.143. The van der Waals surface area contributed by atoms with E-state index >= 15 is 0 Å². The summed E-state index contributed by atoms with van der Waals surface area (Å²) in [5.41, 5.74) is 0.464. The summed E-state index contributed by atoms with van der Waals surface area (Å²) in [6.45, 7) is 0. The third-order valence-corrected chi connectivity index (χ3v) is 2.63. The van der Waals surface area contributed by atoms with Crippen molar-refractivity contribution in [1.29, 1.82) is 0 Å². The molecule has 0 saturated heterocycles. The van der Waals surface area contributed by atoms with Gasteiger partial charge in [-0.05, 0) is 17.7 Å². The van der Waals surface area contributed by atoms with E-state index in [4.69, 9.17) is 23.2 Å². The highest BCUT2D eigenvalue weighted by Crippen LogP contribution is 2.26. The minimum atomic E-state index is -0.954. The van der Waals surface area contributed by atoms with Crippen LogP contribution < -0.4 is 0 Å². The highest BCUT2D eigenvalue weighted by Gasteiger charge is 2.21. The molecule has 0 radical (unpaired) electrons. The van der Waals surface area contributed by atoms with Gasteiger partial charge in [-0.2, -0.15) is 0 Å². The second-order valence-electron chi connectivity index (χ2n) is 2.81. The average Bonchev–Trinajstić information content (AvgIpc) is 2.24. The highest BCUT2D eigenvalue weighted by molar-refractivity contribution is 6.42. The van der Waals surface area contributed by atoms with Gasteiger partial charge in [0.2, 0.25) is 0 Å². The number of hydrogen-bond acceptors (Lipinski definition) is 3. The van der Waals surface area contributed by atoms with E-state index in [1.807, 2.05) is 0 Å². The lowest BCUT2D eigenvalue weighted by Crippen LogP contribution is -2.15. The van der Waals surface area contributed by atoms with Crippen LogP contribution in [-0.4, -0.2) is 19.4 Å². The number of halogens is 2. The van der Waals surface area contributed by atoms with Gasteiger partial charge in [0, 0.05) is 0 Å². The van der Waals surface area contributed by atoms with Crippen LogP contribution in [0.15, 0.2) is 18.2 Å². The molecule has 0 N–H and O–H groups in total. The van der Waals surface area contributed by atoms with Crippen LogP contribution in [0.4, 0.5) is 0 Å². The Balaban J connectivity index is 3.08. The fourth-order valence-corrected chi connectivity index (χ4v) is 1.41. The first-order valence-corrected chi connectivity index (χ1v) is 4.83. The Labute approximate surface area is 96.9 Å². The molecule has 15 heavy (non-hydrogen) atoms. The maximum atomic E-state index is 11.2. The van der Waals surface area contributed by atoms with Gasteiger partial charge in [-0.25, -0.2) is 0 Å². The first-order chi connectivity index (χ1) is 7.10. The van der Waals surface area contributed by atoms with Crippen molar-refractivity contribution in [1.82, 2.24) is 0 Å². The van der Waals surface area contributed by atoms with Gasteiger partial charge in [-0.1, -0.05) is 29.3 Å². The van der Waals surface area contributed by atoms with Crippen LogP contribution in [0.1, 0.15) is 11.5 Å². The van der Waals surface area contributed by atoms with Crippen molar-refractivity contribution in [3.63, 3.8) is 0 Å². The number of benzene rings is 1. The van der Waals surface area contributed by atoms with Crippen molar-refractivity contribution < 1.29 is 14.3 Å². The zero-order chi connectivity index (χ0) is 11.4. The fraction of sp³-hybridized carbons (Fsp3) is 0.200. The molecule has 0 aromatic heterocycles. The van der Waals surface area contributed by atoms with E-state index in [-0.39, 0.29) is 0 Å². The van der Waals surface area contributed by atoms with Crippen LogP contribution >= 0.6 is 23.2 Å². The zero-order valence-corrected chi connectivity index (χ0v) is 9.38. The summed E-state index contributed by atoms with van der Waals surface area (Å²) < 4.78 is 4.48. The third-order valence-electron chi connectivity index (χ3n) is 1.89. The van der Waals surface area contributed by atoms with Crippen molar-refractivity contribution in [2.75, 3.05) is 7.11 Å². The van der Waals surface area contributed by atoms with E-state index in [1.165, 1.54) is 19.2 Å². The second kappa shape index (κ2) is 5.14. The van der Waals surface area contributed by atoms with Crippen LogP contribution in [0, 0.1) is 0 Å². The Hall–Kier alpha value is -1.06. The molecule has 0 aliphatic heterocycles. The molecule has 1 rings (SSSR count). The number of aldehydes is 1. The summed E-state index contributed by atoms with van der Waals surface area (Å²) >= 11 is 11.5. The topological polar surface area (TPSA) is 43.4 Å². The van der Waals surface area contributed by atoms with E-state index < -0.39 is 11.9 Å². The van der Waals surface area contributed by atoms with Crippen molar-refractivity contribution in [3.8, 4) is 0 Å². The molecule has 0 heterocycles. The maximum absolute atomic E-state index is 11.2. The Kier molecular flexibility index (Phi) is 4.12. The number of carbonyl (C=O) groups is 2. The van der Waals surface area contributed by atoms with Gasteiger partial charge in [-0.3, -0.25) is 4.79 Å². The summed E-state index contributed by atoms with van der Waals surface area (Å²) in [4.78, 5) is 21.9. The average molecular weight is 247 g/mol. The van der Waals surface area contributed by atoms with Crippen molar-refractivity contribution in [2.24, 2.45) is 0 Å². The van der Waals surface area contributed by atoms with Gasteiger partial charge in [0.25, 0.3) is 0 Å². The lowest BCUT2D eigenvalue weighted by Gasteiger charge is -2.08. The normalized spacial score (nSPS) is 11.9. The number of carbonyl (C=O) groups excluding carboxylic acids is 2. The number of hydrogen-bond donors (Lipinski definition) is 0. The van der Waals surface area contributed by atoms with Crippen LogP contribution in [-0.2, 0) is 14.3 Å². The van der Waals surface area contributed by atoms with Crippen molar-refractivity contribution in [2.45, 2.75) is 5.92 Å². The molecule has 0 fully saturated rings. The van der Waals surface area contributed by atoms with Gasteiger partial charge in [0.15, 0.2) is 0 Å². The number of rotatable bonds is 3. The fourth-order valence-electron chi connectivity index (χ4n) is 1.10. The molecule has 1 aromatic rings. The quantitative estimate of drug-likeness (QED) is 0.468. The first-order valence-electron chi connectivity index (χ1n) is 4.08. The monoisotopic (exact) mass is 246 g/mol. The Morgan fingerprint density at radius 3 is 2.53 bits per heavy atom. The van der Waals surface area contributed by atoms with E-state index in [0.717, 1.165) is 0 Å². The van der Waals surface area contributed by atoms with E-state index in [2.05, 4.69) is 4.74 Å².